The van der Waals surface area contributed by atoms with Crippen LogP contribution in [0, 0.1) is 0 Å². The molecule has 3 rings (SSSR count). The smallest absolute Gasteiger partial charge is 0.348 e. The summed E-state index contributed by atoms with van der Waals surface area (Å²) < 4.78 is 0. The van der Waals surface area contributed by atoms with Crippen LogP contribution in [0.4, 0.5) is 5.69 Å². The lowest BCUT2D eigenvalue weighted by atomic mass is 10.00. The van der Waals surface area contributed by atoms with Crippen LogP contribution in [-0.4, -0.2) is 11.1 Å². The molecule has 3 nitrogen and oxygen atoms in total. The fourth-order valence-corrected chi connectivity index (χ4v) is 3.82. The van der Waals surface area contributed by atoms with Gasteiger partial charge in [-0.3, -0.25) is 0 Å². The van der Waals surface area contributed by atoms with Crippen LogP contribution < -0.4 is 5.73 Å². The summed E-state index contributed by atoms with van der Waals surface area (Å²) in [5.74, 6) is -0.960. The molecule has 0 aliphatic carbocycles. The predicted octanol–water partition coefficient (Wildman–Crippen LogP) is 4.41. The highest BCUT2D eigenvalue weighted by atomic mass is 32.1. The maximum absolute atomic E-state index is 11.3. The molecule has 3 N–H and O–H groups in total. The molecule has 0 saturated heterocycles. The number of nitrogens with two attached hydrogens (primary N) is 1. The third kappa shape index (κ3) is 2.17. The molecule has 0 atom stereocenters. The van der Waals surface area contributed by atoms with Crippen LogP contribution in [0.1, 0.15) is 22.2 Å². The zero-order valence-electron chi connectivity index (χ0n) is 11.6. The molecule has 0 aliphatic rings. The van der Waals surface area contributed by atoms with Gasteiger partial charge in [-0.05, 0) is 28.3 Å². The minimum absolute atomic E-state index is 0.231. The molecule has 0 saturated carbocycles. The van der Waals surface area contributed by atoms with Gasteiger partial charge < -0.3 is 10.8 Å². The van der Waals surface area contributed by atoms with E-state index in [1.54, 1.807) is 0 Å². The molecule has 1 aromatic heterocycles. The van der Waals surface area contributed by atoms with E-state index in [0.29, 0.717) is 12.1 Å². The lowest BCUT2D eigenvalue weighted by molar-refractivity contribution is 0.0703. The van der Waals surface area contributed by atoms with Gasteiger partial charge in [-0.15, -0.1) is 11.3 Å². The van der Waals surface area contributed by atoms with Crippen molar-refractivity contribution < 1.29 is 9.90 Å². The second-order valence-electron chi connectivity index (χ2n) is 4.84. The molecular weight excluding hydrogens is 282 g/mol. The van der Waals surface area contributed by atoms with Gasteiger partial charge in [0.1, 0.15) is 4.88 Å². The number of carboxylic acids is 1. The first-order chi connectivity index (χ1) is 10.1. The molecule has 0 bridgehead atoms. The van der Waals surface area contributed by atoms with Crippen molar-refractivity contribution in [1.82, 2.24) is 0 Å². The van der Waals surface area contributed by atoms with E-state index < -0.39 is 5.97 Å². The number of rotatable bonds is 3. The van der Waals surface area contributed by atoms with Gasteiger partial charge in [0.25, 0.3) is 0 Å². The highest BCUT2D eigenvalue weighted by molar-refractivity contribution is 7.18. The molecule has 3 aromatic rings. The minimum atomic E-state index is -0.960. The van der Waals surface area contributed by atoms with E-state index in [1.807, 2.05) is 31.2 Å². The lowest BCUT2D eigenvalue weighted by Crippen LogP contribution is -1.99. The highest BCUT2D eigenvalue weighted by Crippen LogP contribution is 2.41. The van der Waals surface area contributed by atoms with Crippen LogP contribution in [-0.2, 0) is 6.42 Å². The average Bonchev–Trinajstić information content (AvgIpc) is 2.83. The van der Waals surface area contributed by atoms with Gasteiger partial charge in [0.15, 0.2) is 0 Å². The summed E-state index contributed by atoms with van der Waals surface area (Å²) in [6.07, 6.45) is 0.716. The molecule has 0 fully saturated rings. The standard InChI is InChI=1S/C17H15NO2S/c1-2-11-14(18)16(17(19)20)21-15(11)13-9-5-7-10-6-3-4-8-12(10)13/h3-9H,2,18H2,1H3,(H,19,20). The number of aromatic carboxylic acids is 1. The van der Waals surface area contributed by atoms with Crippen LogP contribution in [0.2, 0.25) is 0 Å². The Kier molecular flexibility index (Phi) is 3.39. The zero-order valence-corrected chi connectivity index (χ0v) is 12.4. The van der Waals surface area contributed by atoms with E-state index in [0.717, 1.165) is 26.8 Å². The molecule has 0 aliphatic heterocycles. The molecule has 0 amide bonds. The van der Waals surface area contributed by atoms with Crippen molar-refractivity contribution in [3.05, 3.63) is 52.9 Å². The molecule has 1 heterocycles. The van der Waals surface area contributed by atoms with Gasteiger partial charge in [-0.1, -0.05) is 49.4 Å². The number of carbonyl (C=O) groups is 1. The quantitative estimate of drug-likeness (QED) is 0.752. The van der Waals surface area contributed by atoms with E-state index >= 15 is 0 Å². The number of hydrogen-bond donors (Lipinski definition) is 2. The summed E-state index contributed by atoms with van der Waals surface area (Å²) in [5, 5.41) is 11.5. The van der Waals surface area contributed by atoms with E-state index in [2.05, 4.69) is 18.2 Å². The Bertz CT molecular complexity index is 831. The van der Waals surface area contributed by atoms with Crippen LogP contribution in [0.15, 0.2) is 42.5 Å². The molecular formula is C17H15NO2S. The van der Waals surface area contributed by atoms with Crippen LogP contribution in [0.5, 0.6) is 0 Å². The normalized spacial score (nSPS) is 10.9. The average molecular weight is 297 g/mol. The fraction of sp³-hybridized carbons (Fsp3) is 0.118. The van der Waals surface area contributed by atoms with Crippen molar-refractivity contribution in [2.75, 3.05) is 5.73 Å². The van der Waals surface area contributed by atoms with E-state index in [-0.39, 0.29) is 4.88 Å². The van der Waals surface area contributed by atoms with E-state index in [9.17, 15) is 9.90 Å². The number of benzene rings is 2. The third-order valence-corrected chi connectivity index (χ3v) is 4.90. The number of fused-ring (bicyclic) bond motifs is 1. The van der Waals surface area contributed by atoms with Crippen molar-refractivity contribution in [3.8, 4) is 10.4 Å². The molecule has 2 aromatic carbocycles. The Morgan fingerprint density at radius 3 is 2.62 bits per heavy atom. The lowest BCUT2D eigenvalue weighted by Gasteiger charge is -2.07. The van der Waals surface area contributed by atoms with E-state index in [4.69, 9.17) is 5.73 Å². The largest absolute Gasteiger partial charge is 0.477 e. The number of thiophene rings is 1. The van der Waals surface area contributed by atoms with Crippen molar-refractivity contribution in [3.63, 3.8) is 0 Å². The summed E-state index contributed by atoms with van der Waals surface area (Å²) in [4.78, 5) is 12.5. The third-order valence-electron chi connectivity index (χ3n) is 3.63. The molecule has 0 spiro atoms. The Hall–Kier alpha value is -2.33. The molecule has 106 valence electrons. The summed E-state index contributed by atoms with van der Waals surface area (Å²) >= 11 is 1.26. The van der Waals surface area contributed by atoms with Crippen molar-refractivity contribution in [2.24, 2.45) is 0 Å². The van der Waals surface area contributed by atoms with Crippen LogP contribution >= 0.6 is 11.3 Å². The van der Waals surface area contributed by atoms with Crippen molar-refractivity contribution in [1.29, 1.82) is 0 Å². The number of hydrogen-bond acceptors (Lipinski definition) is 3. The Morgan fingerprint density at radius 2 is 1.90 bits per heavy atom. The van der Waals surface area contributed by atoms with Crippen LogP contribution in [0.25, 0.3) is 21.2 Å². The van der Waals surface area contributed by atoms with E-state index in [1.165, 1.54) is 11.3 Å². The number of nitrogen functional groups attached to an aromatic ring is 1. The second kappa shape index (κ2) is 5.22. The predicted molar refractivity (Wildman–Crippen MR) is 88.0 cm³/mol. The first-order valence-electron chi connectivity index (χ1n) is 6.76. The van der Waals surface area contributed by atoms with Gasteiger partial charge in [0.05, 0.1) is 5.69 Å². The highest BCUT2D eigenvalue weighted by Gasteiger charge is 2.21. The summed E-state index contributed by atoms with van der Waals surface area (Å²) in [7, 11) is 0. The molecule has 0 radical (unpaired) electrons. The molecule has 0 unspecified atom stereocenters. The van der Waals surface area contributed by atoms with Gasteiger partial charge in [0.2, 0.25) is 0 Å². The summed E-state index contributed by atoms with van der Waals surface area (Å²) in [6, 6.07) is 14.2. The van der Waals surface area contributed by atoms with Gasteiger partial charge in [0, 0.05) is 4.88 Å². The Balaban J connectivity index is 2.33. The van der Waals surface area contributed by atoms with Gasteiger partial charge in [-0.2, -0.15) is 0 Å². The maximum Gasteiger partial charge on any atom is 0.348 e. The second-order valence-corrected chi connectivity index (χ2v) is 5.86. The Morgan fingerprint density at radius 1 is 1.19 bits per heavy atom. The number of carboxylic acid groups (broad SMARTS) is 1. The zero-order chi connectivity index (χ0) is 15.0. The van der Waals surface area contributed by atoms with Gasteiger partial charge in [-0.25, -0.2) is 4.79 Å². The Labute approximate surface area is 126 Å². The minimum Gasteiger partial charge on any atom is -0.477 e. The van der Waals surface area contributed by atoms with Gasteiger partial charge >= 0.3 is 5.97 Å². The van der Waals surface area contributed by atoms with Crippen molar-refractivity contribution >= 4 is 33.8 Å². The molecule has 21 heavy (non-hydrogen) atoms. The first kappa shape index (κ1) is 13.6. The maximum atomic E-state index is 11.3. The fourth-order valence-electron chi connectivity index (χ4n) is 2.63. The van der Waals surface area contributed by atoms with Crippen molar-refractivity contribution in [2.45, 2.75) is 13.3 Å². The molecule has 4 heteroatoms. The summed E-state index contributed by atoms with van der Waals surface area (Å²) in [5.41, 5.74) is 8.40. The van der Waals surface area contributed by atoms with Crippen LogP contribution in [0.3, 0.4) is 0 Å². The monoisotopic (exact) mass is 297 g/mol. The summed E-state index contributed by atoms with van der Waals surface area (Å²) in [6.45, 7) is 2.00. The SMILES string of the molecule is CCc1c(-c2cccc3ccccc23)sc(C(=O)O)c1N. The topological polar surface area (TPSA) is 63.3 Å². The first-order valence-corrected chi connectivity index (χ1v) is 7.57. The number of anilines is 1.